The summed E-state index contributed by atoms with van der Waals surface area (Å²) in [6, 6.07) is 15.1. The lowest BCUT2D eigenvalue weighted by atomic mass is 10.2. The van der Waals surface area contributed by atoms with Crippen LogP contribution in [0.25, 0.3) is 11.5 Å². The molecule has 3 aromatic rings. The van der Waals surface area contributed by atoms with Crippen molar-refractivity contribution in [2.45, 2.75) is 19.1 Å². The van der Waals surface area contributed by atoms with Crippen LogP contribution >= 0.6 is 11.8 Å². The molecule has 0 saturated heterocycles. The lowest BCUT2D eigenvalue weighted by molar-refractivity contribution is -0.113. The Balaban J connectivity index is 1.62. The van der Waals surface area contributed by atoms with Gasteiger partial charge in [-0.15, -0.1) is 10.2 Å². The van der Waals surface area contributed by atoms with Crippen LogP contribution in [0, 0.1) is 6.92 Å². The van der Waals surface area contributed by atoms with Crippen LogP contribution in [0.15, 0.2) is 58.2 Å². The first-order chi connectivity index (χ1) is 12.7. The molecule has 0 fully saturated rings. The summed E-state index contributed by atoms with van der Waals surface area (Å²) in [5.41, 5.74) is 2.55. The van der Waals surface area contributed by atoms with Gasteiger partial charge in [0.25, 0.3) is 11.1 Å². The number of nitrogens with one attached hydrogen (secondary N) is 1. The van der Waals surface area contributed by atoms with E-state index in [1.54, 1.807) is 0 Å². The molecule has 0 unspecified atom stereocenters. The van der Waals surface area contributed by atoms with Crippen molar-refractivity contribution in [1.29, 1.82) is 0 Å². The number of nitrogens with zero attached hydrogens (tertiary/aromatic N) is 2. The number of aromatic nitrogens is 2. The molecule has 3 rings (SSSR count). The van der Waals surface area contributed by atoms with Crippen LogP contribution in [0.1, 0.15) is 12.5 Å². The van der Waals surface area contributed by atoms with Gasteiger partial charge in [-0.2, -0.15) is 0 Å². The first-order valence-corrected chi connectivity index (χ1v) is 9.20. The molecule has 134 valence electrons. The molecule has 1 amide bonds. The molecular formula is C19H19N3O3S. The predicted molar refractivity (Wildman–Crippen MR) is 101 cm³/mol. The van der Waals surface area contributed by atoms with Gasteiger partial charge in [-0.05, 0) is 37.6 Å². The first-order valence-electron chi connectivity index (χ1n) is 8.21. The molecule has 0 bridgehead atoms. The van der Waals surface area contributed by atoms with Crippen LogP contribution in [0.4, 0.5) is 5.69 Å². The fourth-order valence-electron chi connectivity index (χ4n) is 2.33. The van der Waals surface area contributed by atoms with Crippen LogP contribution in [0.5, 0.6) is 5.75 Å². The molecule has 0 radical (unpaired) electrons. The quantitative estimate of drug-likeness (QED) is 0.630. The number of aryl methyl sites for hydroxylation is 1. The highest BCUT2D eigenvalue weighted by Crippen LogP contribution is 2.30. The first kappa shape index (κ1) is 18.0. The van der Waals surface area contributed by atoms with Crippen LogP contribution in [0.3, 0.4) is 0 Å². The van der Waals surface area contributed by atoms with Crippen LogP contribution in [-0.2, 0) is 4.79 Å². The molecule has 0 spiro atoms. The van der Waals surface area contributed by atoms with Crippen molar-refractivity contribution in [3.05, 3.63) is 54.1 Å². The van der Waals surface area contributed by atoms with Gasteiger partial charge in [0.15, 0.2) is 0 Å². The van der Waals surface area contributed by atoms with Gasteiger partial charge in [0, 0.05) is 5.69 Å². The topological polar surface area (TPSA) is 77.2 Å². The number of carbonyl (C=O) groups is 1. The molecule has 1 aromatic heterocycles. The zero-order valence-corrected chi connectivity index (χ0v) is 15.4. The van der Waals surface area contributed by atoms with E-state index in [0.717, 1.165) is 16.8 Å². The lowest BCUT2D eigenvalue weighted by Gasteiger charge is -2.07. The lowest BCUT2D eigenvalue weighted by Crippen LogP contribution is -2.14. The molecule has 6 nitrogen and oxygen atoms in total. The van der Waals surface area contributed by atoms with Gasteiger partial charge in [0.1, 0.15) is 5.75 Å². The maximum absolute atomic E-state index is 12.1. The third-order valence-corrected chi connectivity index (χ3v) is 4.39. The Hall–Kier alpha value is -2.80. The van der Waals surface area contributed by atoms with Gasteiger partial charge in [0.05, 0.1) is 17.9 Å². The highest BCUT2D eigenvalue weighted by atomic mass is 32.2. The largest absolute Gasteiger partial charge is 0.493 e. The van der Waals surface area contributed by atoms with E-state index in [-0.39, 0.29) is 11.7 Å². The van der Waals surface area contributed by atoms with Crippen LogP contribution in [-0.4, -0.2) is 28.5 Å². The van der Waals surface area contributed by atoms with Gasteiger partial charge in [-0.25, -0.2) is 0 Å². The van der Waals surface area contributed by atoms with Crippen molar-refractivity contribution in [3.63, 3.8) is 0 Å². The van der Waals surface area contributed by atoms with Crippen LogP contribution in [0.2, 0.25) is 0 Å². The Bertz CT molecular complexity index is 895. The molecule has 1 N–H and O–H groups in total. The second-order valence-electron chi connectivity index (χ2n) is 5.45. The van der Waals surface area contributed by atoms with Crippen LogP contribution < -0.4 is 10.1 Å². The van der Waals surface area contributed by atoms with Gasteiger partial charge >= 0.3 is 0 Å². The van der Waals surface area contributed by atoms with Crippen molar-refractivity contribution < 1.29 is 13.9 Å². The summed E-state index contributed by atoms with van der Waals surface area (Å²) in [5.74, 6) is 1.12. The minimum absolute atomic E-state index is 0.126. The number of amides is 1. The number of carbonyl (C=O) groups excluding carboxylic acids is 1. The smallest absolute Gasteiger partial charge is 0.277 e. The van der Waals surface area contributed by atoms with Gasteiger partial charge < -0.3 is 14.5 Å². The molecule has 26 heavy (non-hydrogen) atoms. The molecule has 1 heterocycles. The van der Waals surface area contributed by atoms with Crippen molar-refractivity contribution >= 4 is 23.4 Å². The zero-order chi connectivity index (χ0) is 18.4. The van der Waals surface area contributed by atoms with E-state index in [0.29, 0.717) is 23.5 Å². The second-order valence-corrected chi connectivity index (χ2v) is 6.38. The maximum atomic E-state index is 12.1. The Morgan fingerprint density at radius 1 is 1.15 bits per heavy atom. The van der Waals surface area contributed by atoms with Gasteiger partial charge in [-0.1, -0.05) is 42.1 Å². The fraction of sp³-hybridized carbons (Fsp3) is 0.211. The Labute approximate surface area is 156 Å². The second kappa shape index (κ2) is 8.53. The van der Waals surface area contributed by atoms with E-state index in [1.165, 1.54) is 11.8 Å². The number of ether oxygens (including phenoxy) is 1. The normalized spacial score (nSPS) is 10.5. The summed E-state index contributed by atoms with van der Waals surface area (Å²) in [7, 11) is 0. The fourth-order valence-corrected chi connectivity index (χ4v) is 2.89. The van der Waals surface area contributed by atoms with Crippen molar-refractivity contribution in [1.82, 2.24) is 10.2 Å². The minimum atomic E-state index is -0.126. The number of hydrogen-bond donors (Lipinski definition) is 1. The molecule has 0 atom stereocenters. The highest BCUT2D eigenvalue weighted by Gasteiger charge is 2.15. The van der Waals surface area contributed by atoms with E-state index >= 15 is 0 Å². The molecule has 2 aromatic carbocycles. The Kier molecular flexibility index (Phi) is 5.91. The summed E-state index contributed by atoms with van der Waals surface area (Å²) in [4.78, 5) is 12.1. The highest BCUT2D eigenvalue weighted by molar-refractivity contribution is 7.99. The van der Waals surface area contributed by atoms with E-state index in [1.807, 2.05) is 62.4 Å². The van der Waals surface area contributed by atoms with Gasteiger partial charge in [0.2, 0.25) is 5.91 Å². The summed E-state index contributed by atoms with van der Waals surface area (Å²) >= 11 is 1.20. The molecular weight excluding hydrogens is 350 g/mol. The van der Waals surface area contributed by atoms with E-state index < -0.39 is 0 Å². The third-order valence-electron chi connectivity index (χ3n) is 3.57. The number of anilines is 1. The van der Waals surface area contributed by atoms with Crippen molar-refractivity contribution in [3.8, 4) is 17.2 Å². The summed E-state index contributed by atoms with van der Waals surface area (Å²) in [5, 5.41) is 11.3. The Morgan fingerprint density at radius 2 is 1.92 bits per heavy atom. The number of thioether (sulfide) groups is 1. The number of para-hydroxylation sites is 2. The zero-order valence-electron chi connectivity index (χ0n) is 14.6. The van der Waals surface area contributed by atoms with E-state index in [2.05, 4.69) is 15.5 Å². The monoisotopic (exact) mass is 369 g/mol. The molecule has 0 saturated carbocycles. The van der Waals surface area contributed by atoms with E-state index in [4.69, 9.17) is 9.15 Å². The maximum Gasteiger partial charge on any atom is 0.277 e. The summed E-state index contributed by atoms with van der Waals surface area (Å²) in [6.07, 6.45) is 0. The molecule has 7 heteroatoms. The molecule has 0 aliphatic rings. The number of benzene rings is 2. The average Bonchev–Trinajstić information content (AvgIpc) is 3.12. The number of hydrogen-bond acceptors (Lipinski definition) is 6. The molecule has 0 aliphatic carbocycles. The predicted octanol–water partition coefficient (Wildman–Crippen LogP) is 4.17. The SMILES string of the molecule is CCOc1ccccc1-c1nnc(SCC(=O)Nc2ccccc2C)o1. The molecule has 0 aliphatic heterocycles. The summed E-state index contributed by atoms with van der Waals surface area (Å²) in [6.45, 7) is 4.41. The minimum Gasteiger partial charge on any atom is -0.493 e. The summed E-state index contributed by atoms with van der Waals surface area (Å²) < 4.78 is 11.2. The number of rotatable bonds is 7. The average molecular weight is 369 g/mol. The van der Waals surface area contributed by atoms with Crippen molar-refractivity contribution in [2.75, 3.05) is 17.7 Å². The van der Waals surface area contributed by atoms with Crippen molar-refractivity contribution in [2.24, 2.45) is 0 Å². The standard InChI is InChI=1S/C19H19N3O3S/c1-3-24-16-11-7-5-9-14(16)18-21-22-19(25-18)26-12-17(23)20-15-10-6-4-8-13(15)2/h4-11H,3,12H2,1-2H3,(H,20,23). The third kappa shape index (κ3) is 4.43. The Morgan fingerprint density at radius 3 is 2.73 bits per heavy atom. The van der Waals surface area contributed by atoms with Gasteiger partial charge in [-0.3, -0.25) is 4.79 Å². The van der Waals surface area contributed by atoms with E-state index in [9.17, 15) is 4.79 Å².